The van der Waals surface area contributed by atoms with Gasteiger partial charge in [0, 0.05) is 43.5 Å². The molecule has 1 aliphatic rings. The third-order valence-electron chi connectivity index (χ3n) is 5.04. The number of anilines is 1. The molecule has 162 valence electrons. The van der Waals surface area contributed by atoms with Gasteiger partial charge in [-0.2, -0.15) is 0 Å². The molecule has 2 aromatic heterocycles. The number of rotatable bonds is 7. The molecule has 0 aromatic carbocycles. The predicted octanol–water partition coefficient (Wildman–Crippen LogP) is 4.03. The van der Waals surface area contributed by atoms with Crippen LogP contribution in [-0.4, -0.2) is 56.6 Å². The molecule has 2 unspecified atom stereocenters. The molecular formula is C20H33IN6S2. The van der Waals surface area contributed by atoms with Crippen LogP contribution >= 0.6 is 46.7 Å². The summed E-state index contributed by atoms with van der Waals surface area (Å²) in [6.45, 7) is 5.65. The Morgan fingerprint density at radius 1 is 1.34 bits per heavy atom. The van der Waals surface area contributed by atoms with Crippen LogP contribution in [-0.2, 0) is 6.54 Å². The topological polar surface area (TPSA) is 55.8 Å². The van der Waals surface area contributed by atoms with Crippen molar-refractivity contribution >= 4 is 57.7 Å². The van der Waals surface area contributed by atoms with E-state index < -0.39 is 0 Å². The second-order valence-electron chi connectivity index (χ2n) is 7.44. The van der Waals surface area contributed by atoms with Crippen LogP contribution in [0.5, 0.6) is 0 Å². The largest absolute Gasteiger partial charge is 0.357 e. The number of guanidine groups is 1. The maximum Gasteiger partial charge on any atom is 0.191 e. The van der Waals surface area contributed by atoms with Gasteiger partial charge in [0.2, 0.25) is 0 Å². The van der Waals surface area contributed by atoms with Crippen molar-refractivity contribution in [2.24, 2.45) is 10.9 Å². The molecule has 1 fully saturated rings. The number of piperidine rings is 1. The van der Waals surface area contributed by atoms with Crippen LogP contribution < -0.4 is 15.5 Å². The second kappa shape index (κ2) is 12.1. The molecule has 1 aliphatic heterocycles. The summed E-state index contributed by atoms with van der Waals surface area (Å²) in [7, 11) is 6.28. The molecule has 0 spiro atoms. The number of likely N-dealkylation sites (tertiary alicyclic amines) is 1. The van der Waals surface area contributed by atoms with Crippen molar-refractivity contribution in [1.29, 1.82) is 0 Å². The average molecular weight is 549 g/mol. The van der Waals surface area contributed by atoms with Gasteiger partial charge in [-0.1, -0.05) is 6.07 Å². The van der Waals surface area contributed by atoms with Crippen molar-refractivity contribution in [2.75, 3.05) is 45.7 Å². The first-order chi connectivity index (χ1) is 13.6. The van der Waals surface area contributed by atoms with E-state index in [1.165, 1.54) is 24.3 Å². The highest BCUT2D eigenvalue weighted by Gasteiger charge is 2.31. The van der Waals surface area contributed by atoms with Crippen molar-refractivity contribution in [2.45, 2.75) is 32.4 Å². The van der Waals surface area contributed by atoms with E-state index in [1.54, 1.807) is 11.3 Å². The highest BCUT2D eigenvalue weighted by Crippen LogP contribution is 2.36. The normalized spacial score (nSPS) is 20.2. The lowest BCUT2D eigenvalue weighted by Crippen LogP contribution is -2.44. The van der Waals surface area contributed by atoms with E-state index in [0.717, 1.165) is 29.9 Å². The lowest BCUT2D eigenvalue weighted by Gasteiger charge is -2.39. The molecular weight excluding hydrogens is 515 g/mol. The first kappa shape index (κ1) is 24.4. The Morgan fingerprint density at radius 2 is 2.17 bits per heavy atom. The molecule has 2 aromatic rings. The number of thiophene rings is 1. The summed E-state index contributed by atoms with van der Waals surface area (Å²) in [5, 5.41) is 12.3. The minimum atomic E-state index is 0. The Balaban J connectivity index is 0.00000300. The van der Waals surface area contributed by atoms with Crippen LogP contribution in [0.15, 0.2) is 27.9 Å². The molecule has 1 saturated heterocycles. The van der Waals surface area contributed by atoms with Crippen molar-refractivity contribution in [3.8, 4) is 0 Å². The summed E-state index contributed by atoms with van der Waals surface area (Å²) in [6, 6.07) is 4.92. The SMILES string of the molecule is CCNC(=NCc1csc(N(C)C)n1)NCC1CCCN(C)C1c1cccs1.I. The Kier molecular flexibility index (Phi) is 10.1. The molecule has 0 aliphatic carbocycles. The number of hydrogen-bond donors (Lipinski definition) is 2. The quantitative estimate of drug-likeness (QED) is 0.311. The van der Waals surface area contributed by atoms with Crippen LogP contribution in [0.4, 0.5) is 5.13 Å². The second-order valence-corrected chi connectivity index (χ2v) is 9.25. The van der Waals surface area contributed by atoms with Crippen LogP contribution in [0, 0.1) is 5.92 Å². The zero-order valence-electron chi connectivity index (χ0n) is 17.7. The molecule has 9 heteroatoms. The van der Waals surface area contributed by atoms with Gasteiger partial charge in [-0.05, 0) is 50.7 Å². The van der Waals surface area contributed by atoms with E-state index in [-0.39, 0.29) is 24.0 Å². The Morgan fingerprint density at radius 3 is 2.83 bits per heavy atom. The van der Waals surface area contributed by atoms with Crippen LogP contribution in [0.2, 0.25) is 0 Å². The van der Waals surface area contributed by atoms with Gasteiger partial charge >= 0.3 is 0 Å². The molecule has 3 rings (SSSR count). The fourth-order valence-electron chi connectivity index (χ4n) is 3.69. The van der Waals surface area contributed by atoms with Crippen molar-refractivity contribution in [3.63, 3.8) is 0 Å². The van der Waals surface area contributed by atoms with Crippen LogP contribution in [0.1, 0.15) is 36.4 Å². The minimum Gasteiger partial charge on any atom is -0.357 e. The lowest BCUT2D eigenvalue weighted by atomic mass is 9.88. The number of hydrogen-bond acceptors (Lipinski definition) is 6. The van der Waals surface area contributed by atoms with Gasteiger partial charge < -0.3 is 15.5 Å². The van der Waals surface area contributed by atoms with Gasteiger partial charge in [-0.15, -0.1) is 46.7 Å². The van der Waals surface area contributed by atoms with Crippen LogP contribution in [0.25, 0.3) is 0 Å². The number of halogens is 1. The zero-order chi connectivity index (χ0) is 19.9. The smallest absolute Gasteiger partial charge is 0.191 e. The van der Waals surface area contributed by atoms with Crippen LogP contribution in [0.3, 0.4) is 0 Å². The molecule has 0 radical (unpaired) electrons. The first-order valence-corrected chi connectivity index (χ1v) is 11.7. The van der Waals surface area contributed by atoms with Crippen molar-refractivity contribution in [1.82, 2.24) is 20.5 Å². The van der Waals surface area contributed by atoms with Crippen molar-refractivity contribution < 1.29 is 0 Å². The van der Waals surface area contributed by atoms with Gasteiger partial charge in [-0.3, -0.25) is 4.90 Å². The van der Waals surface area contributed by atoms with Gasteiger partial charge in [-0.25, -0.2) is 9.98 Å². The first-order valence-electron chi connectivity index (χ1n) is 9.96. The Labute approximate surface area is 199 Å². The molecule has 3 heterocycles. The zero-order valence-corrected chi connectivity index (χ0v) is 21.7. The van der Waals surface area contributed by atoms with Gasteiger partial charge in [0.05, 0.1) is 12.2 Å². The Bertz CT molecular complexity index is 746. The fourth-order valence-corrected chi connectivity index (χ4v) is 5.42. The highest BCUT2D eigenvalue weighted by atomic mass is 127. The number of thiazole rings is 1. The summed E-state index contributed by atoms with van der Waals surface area (Å²) < 4.78 is 0. The minimum absolute atomic E-state index is 0. The summed E-state index contributed by atoms with van der Waals surface area (Å²) in [6.07, 6.45) is 2.50. The van der Waals surface area contributed by atoms with E-state index in [9.17, 15) is 0 Å². The summed E-state index contributed by atoms with van der Waals surface area (Å²) in [5.41, 5.74) is 1.01. The predicted molar refractivity (Wildman–Crippen MR) is 137 cm³/mol. The third-order valence-corrected chi connectivity index (χ3v) is 7.04. The Hall–Kier alpha value is -0.910. The van der Waals surface area contributed by atoms with Gasteiger partial charge in [0.15, 0.2) is 11.1 Å². The lowest BCUT2D eigenvalue weighted by molar-refractivity contribution is 0.125. The number of aromatic nitrogens is 1. The van der Waals surface area contributed by atoms with E-state index in [4.69, 9.17) is 4.99 Å². The molecule has 6 nitrogen and oxygen atoms in total. The highest BCUT2D eigenvalue weighted by molar-refractivity contribution is 14.0. The average Bonchev–Trinajstić information content (AvgIpc) is 3.36. The molecule has 2 N–H and O–H groups in total. The summed E-state index contributed by atoms with van der Waals surface area (Å²) in [5.74, 6) is 1.46. The maximum atomic E-state index is 4.76. The number of nitrogens with one attached hydrogen (secondary N) is 2. The molecule has 0 saturated carbocycles. The fraction of sp³-hybridized carbons (Fsp3) is 0.600. The molecule has 0 bridgehead atoms. The standard InChI is InChI=1S/C20H32N6S2.HI/c1-5-21-19(23-13-16-14-28-20(24-16)25(2)3)22-12-15-8-6-10-26(4)18(15)17-9-7-11-27-17;/h7,9,11,14-15,18H,5-6,8,10,12-13H2,1-4H3,(H2,21,22,23);1H. The maximum absolute atomic E-state index is 4.76. The monoisotopic (exact) mass is 548 g/mol. The molecule has 2 atom stereocenters. The van der Waals surface area contributed by atoms with Crippen molar-refractivity contribution in [3.05, 3.63) is 33.5 Å². The van der Waals surface area contributed by atoms with Gasteiger partial charge in [0.1, 0.15) is 0 Å². The van der Waals surface area contributed by atoms with E-state index in [2.05, 4.69) is 57.4 Å². The number of nitrogens with zero attached hydrogens (tertiary/aromatic N) is 4. The molecule has 29 heavy (non-hydrogen) atoms. The number of aliphatic imine (C=N–C) groups is 1. The third kappa shape index (κ3) is 6.80. The van der Waals surface area contributed by atoms with Gasteiger partial charge in [0.25, 0.3) is 0 Å². The summed E-state index contributed by atoms with van der Waals surface area (Å²) in [4.78, 5) is 15.4. The van der Waals surface area contributed by atoms with E-state index in [0.29, 0.717) is 18.5 Å². The summed E-state index contributed by atoms with van der Waals surface area (Å²) >= 11 is 3.53. The molecule has 0 amide bonds. The van der Waals surface area contributed by atoms with E-state index >= 15 is 0 Å². The van der Waals surface area contributed by atoms with E-state index in [1.807, 2.05) is 30.3 Å².